The van der Waals surface area contributed by atoms with Gasteiger partial charge in [0.1, 0.15) is 12.6 Å². The first-order chi connectivity index (χ1) is 17.4. The van der Waals surface area contributed by atoms with Crippen LogP contribution in [0.5, 0.6) is 0 Å². The quantitative estimate of drug-likeness (QED) is 0.326. The van der Waals surface area contributed by atoms with Crippen LogP contribution in [0.15, 0.2) is 72.8 Å². The van der Waals surface area contributed by atoms with Gasteiger partial charge < -0.3 is 14.8 Å². The van der Waals surface area contributed by atoms with Crippen molar-refractivity contribution in [3.05, 3.63) is 110 Å². The van der Waals surface area contributed by atoms with Crippen molar-refractivity contribution in [2.75, 3.05) is 6.54 Å². The van der Waals surface area contributed by atoms with Crippen LogP contribution in [0.25, 0.3) is 10.9 Å². The molecule has 2 aliphatic rings. The van der Waals surface area contributed by atoms with Gasteiger partial charge in [-0.2, -0.15) is 0 Å². The number of carbonyl (C=O) groups excluding carboxylic acids is 2. The molecular weight excluding hydrogens is 480 g/mol. The average Bonchev–Trinajstić information content (AvgIpc) is 3.25. The molecule has 6 rings (SSSR count). The summed E-state index contributed by atoms with van der Waals surface area (Å²) in [5, 5.41) is 13.1. The number of non-ortho nitro benzene ring substituents is 1. The monoisotopic (exact) mass is 500 g/mol. The number of hydrogen-bond acceptors (Lipinski definition) is 4. The first-order valence-electron chi connectivity index (χ1n) is 11.6. The Bertz CT molecular complexity index is 1530. The van der Waals surface area contributed by atoms with E-state index >= 15 is 0 Å². The Morgan fingerprint density at radius 3 is 2.58 bits per heavy atom. The van der Waals surface area contributed by atoms with Crippen LogP contribution in [0.1, 0.15) is 28.4 Å². The number of rotatable bonds is 4. The minimum Gasteiger partial charge on any atom is -0.356 e. The van der Waals surface area contributed by atoms with E-state index in [4.69, 9.17) is 11.6 Å². The van der Waals surface area contributed by atoms with Gasteiger partial charge in [-0.3, -0.25) is 19.7 Å². The Labute approximate surface area is 211 Å². The number of carbonyl (C=O) groups is 2. The second-order valence-electron chi connectivity index (χ2n) is 9.16. The number of halogens is 1. The van der Waals surface area contributed by atoms with E-state index in [0.717, 1.165) is 27.7 Å². The van der Waals surface area contributed by atoms with Gasteiger partial charge in [0.25, 0.3) is 5.69 Å². The van der Waals surface area contributed by atoms with Gasteiger partial charge in [0.2, 0.25) is 11.8 Å². The van der Waals surface area contributed by atoms with Crippen molar-refractivity contribution in [2.24, 2.45) is 0 Å². The van der Waals surface area contributed by atoms with Crippen molar-refractivity contribution in [2.45, 2.75) is 25.0 Å². The van der Waals surface area contributed by atoms with Gasteiger partial charge in [0.05, 0.1) is 11.0 Å². The van der Waals surface area contributed by atoms with Crippen LogP contribution >= 0.6 is 11.6 Å². The van der Waals surface area contributed by atoms with E-state index in [0.29, 0.717) is 23.6 Å². The molecule has 2 aliphatic heterocycles. The number of piperazine rings is 1. The highest BCUT2D eigenvalue weighted by Gasteiger charge is 2.48. The number of para-hydroxylation sites is 1. The van der Waals surface area contributed by atoms with Crippen molar-refractivity contribution in [3.63, 3.8) is 0 Å². The van der Waals surface area contributed by atoms with Crippen LogP contribution < -0.4 is 0 Å². The van der Waals surface area contributed by atoms with Crippen LogP contribution in [0.2, 0.25) is 5.02 Å². The van der Waals surface area contributed by atoms with E-state index in [1.165, 1.54) is 12.1 Å². The molecule has 3 aromatic carbocycles. The smallest absolute Gasteiger partial charge is 0.269 e. The highest BCUT2D eigenvalue weighted by molar-refractivity contribution is 6.30. The third kappa shape index (κ3) is 3.61. The Morgan fingerprint density at radius 1 is 1.03 bits per heavy atom. The molecule has 0 bridgehead atoms. The average molecular weight is 501 g/mol. The van der Waals surface area contributed by atoms with Crippen LogP contribution in [0.4, 0.5) is 5.69 Å². The lowest BCUT2D eigenvalue weighted by molar-refractivity contribution is -0.384. The third-order valence-electron chi connectivity index (χ3n) is 7.03. The minimum absolute atomic E-state index is 0.0626. The molecule has 1 fully saturated rings. The molecule has 1 aromatic heterocycles. The second kappa shape index (κ2) is 8.49. The zero-order chi connectivity index (χ0) is 25.0. The van der Waals surface area contributed by atoms with E-state index in [-0.39, 0.29) is 24.0 Å². The predicted octanol–water partition coefficient (Wildman–Crippen LogP) is 4.61. The largest absolute Gasteiger partial charge is 0.356 e. The topological polar surface area (TPSA) is 99.5 Å². The van der Waals surface area contributed by atoms with Gasteiger partial charge >= 0.3 is 0 Å². The summed E-state index contributed by atoms with van der Waals surface area (Å²) < 4.78 is 0. The summed E-state index contributed by atoms with van der Waals surface area (Å²) in [5.41, 5.74) is 4.06. The summed E-state index contributed by atoms with van der Waals surface area (Å²) in [7, 11) is 0. The summed E-state index contributed by atoms with van der Waals surface area (Å²) in [4.78, 5) is 45.1. The molecule has 8 nitrogen and oxygen atoms in total. The van der Waals surface area contributed by atoms with Gasteiger partial charge in [0, 0.05) is 46.7 Å². The van der Waals surface area contributed by atoms with E-state index < -0.39 is 17.0 Å². The molecule has 9 heteroatoms. The van der Waals surface area contributed by atoms with Gasteiger partial charge in [-0.25, -0.2) is 0 Å². The van der Waals surface area contributed by atoms with Crippen molar-refractivity contribution in [1.82, 2.24) is 14.8 Å². The molecule has 36 heavy (non-hydrogen) atoms. The number of nitrogens with one attached hydrogen (secondary N) is 1. The fourth-order valence-electron chi connectivity index (χ4n) is 5.42. The highest BCUT2D eigenvalue weighted by Crippen LogP contribution is 2.43. The van der Waals surface area contributed by atoms with E-state index in [1.54, 1.807) is 34.1 Å². The molecular formula is C27H21ClN4O4. The van der Waals surface area contributed by atoms with Gasteiger partial charge in [-0.1, -0.05) is 54.1 Å². The lowest BCUT2D eigenvalue weighted by Crippen LogP contribution is -2.62. The standard InChI is InChI=1S/C27H21ClN4O4/c28-18-10-8-16(9-11-18)14-30-15-24(33)31-23(27(30)34)13-21-20-6-1-2-7-22(20)29-25(21)26(31)17-4-3-5-19(12-17)32(35)36/h1-12,23,26,29H,13-15H2/t23-,26-/m0/s1. The molecule has 180 valence electrons. The predicted molar refractivity (Wildman–Crippen MR) is 134 cm³/mol. The lowest BCUT2D eigenvalue weighted by Gasteiger charge is -2.47. The highest BCUT2D eigenvalue weighted by atomic mass is 35.5. The van der Waals surface area contributed by atoms with E-state index in [1.807, 2.05) is 36.4 Å². The van der Waals surface area contributed by atoms with Gasteiger partial charge in [-0.05, 0) is 34.9 Å². The number of nitro groups is 1. The van der Waals surface area contributed by atoms with Crippen molar-refractivity contribution in [3.8, 4) is 0 Å². The van der Waals surface area contributed by atoms with E-state index in [9.17, 15) is 19.7 Å². The Kier molecular flexibility index (Phi) is 5.26. The summed E-state index contributed by atoms with van der Waals surface area (Å²) in [6.07, 6.45) is 0.368. The minimum atomic E-state index is -0.713. The van der Waals surface area contributed by atoms with Crippen molar-refractivity contribution < 1.29 is 14.5 Å². The molecule has 2 atom stereocenters. The lowest BCUT2D eigenvalue weighted by atomic mass is 9.86. The van der Waals surface area contributed by atoms with Gasteiger partial charge in [-0.15, -0.1) is 0 Å². The molecule has 4 aromatic rings. The molecule has 0 radical (unpaired) electrons. The number of aromatic amines is 1. The Balaban J connectivity index is 1.46. The van der Waals surface area contributed by atoms with Crippen molar-refractivity contribution in [1.29, 1.82) is 0 Å². The first-order valence-corrected chi connectivity index (χ1v) is 12.0. The molecule has 0 spiro atoms. The number of benzene rings is 3. The summed E-state index contributed by atoms with van der Waals surface area (Å²) in [6.45, 7) is 0.229. The number of hydrogen-bond donors (Lipinski definition) is 1. The van der Waals surface area contributed by atoms with Crippen LogP contribution in [0, 0.1) is 10.1 Å². The Hall–Kier alpha value is -4.17. The zero-order valence-electron chi connectivity index (χ0n) is 19.1. The fourth-order valence-corrected chi connectivity index (χ4v) is 5.55. The third-order valence-corrected chi connectivity index (χ3v) is 7.28. The number of nitro benzene ring substituents is 1. The summed E-state index contributed by atoms with van der Waals surface area (Å²) >= 11 is 6.00. The molecule has 3 heterocycles. The summed E-state index contributed by atoms with van der Waals surface area (Å²) in [6, 6.07) is 20.0. The molecule has 0 aliphatic carbocycles. The Morgan fingerprint density at radius 2 is 1.81 bits per heavy atom. The molecule has 0 saturated carbocycles. The number of fused-ring (bicyclic) bond motifs is 4. The molecule has 2 amide bonds. The second-order valence-corrected chi connectivity index (χ2v) is 9.60. The van der Waals surface area contributed by atoms with Gasteiger partial charge in [0.15, 0.2) is 0 Å². The maximum atomic E-state index is 13.8. The maximum absolute atomic E-state index is 13.8. The van der Waals surface area contributed by atoms with Crippen molar-refractivity contribution >= 4 is 40.0 Å². The SMILES string of the molecule is O=C1[C@@H]2Cc3c([nH]c4ccccc34)[C@H](c3cccc([N+](=O)[O-])c3)N2C(=O)CN1Cc1ccc(Cl)cc1. The van der Waals surface area contributed by atoms with Crippen LogP contribution in [-0.2, 0) is 22.6 Å². The normalized spacial score (nSPS) is 19.4. The molecule has 1 saturated heterocycles. The number of amides is 2. The fraction of sp³-hybridized carbons (Fsp3) is 0.185. The first kappa shape index (κ1) is 22.3. The number of nitrogens with zero attached hydrogens (tertiary/aromatic N) is 3. The van der Waals surface area contributed by atoms with Crippen LogP contribution in [0.3, 0.4) is 0 Å². The zero-order valence-corrected chi connectivity index (χ0v) is 19.8. The molecule has 0 unspecified atom stereocenters. The maximum Gasteiger partial charge on any atom is 0.269 e. The summed E-state index contributed by atoms with van der Waals surface area (Å²) in [5.74, 6) is -0.342. The van der Waals surface area contributed by atoms with Crippen LogP contribution in [-0.4, -0.2) is 44.1 Å². The van der Waals surface area contributed by atoms with E-state index in [2.05, 4.69) is 4.98 Å². The number of H-pyrrole nitrogens is 1. The number of aromatic nitrogens is 1. The molecule has 1 N–H and O–H groups in total.